The molecular formula is C23H32FNO4. The monoisotopic (exact) mass is 405 g/mol. The summed E-state index contributed by atoms with van der Waals surface area (Å²) in [5, 5.41) is 0. The van der Waals surface area contributed by atoms with Crippen LogP contribution in [0.4, 0.5) is 9.18 Å². The lowest BCUT2D eigenvalue weighted by Crippen LogP contribution is -2.50. The number of halogens is 1. The van der Waals surface area contributed by atoms with E-state index in [1.165, 1.54) is 12.1 Å². The lowest BCUT2D eigenvalue weighted by atomic mass is 9.68. The van der Waals surface area contributed by atoms with E-state index in [-0.39, 0.29) is 30.0 Å². The molecule has 1 amide bonds. The van der Waals surface area contributed by atoms with Gasteiger partial charge in [-0.3, -0.25) is 4.79 Å². The molecule has 6 heteroatoms. The van der Waals surface area contributed by atoms with Crippen LogP contribution in [0.2, 0.25) is 0 Å². The van der Waals surface area contributed by atoms with Crippen molar-refractivity contribution in [2.45, 2.75) is 89.3 Å². The van der Waals surface area contributed by atoms with Crippen LogP contribution in [0.25, 0.3) is 0 Å². The average Bonchev–Trinajstić information content (AvgIpc) is 3.47. The van der Waals surface area contributed by atoms with Crippen molar-refractivity contribution in [1.82, 2.24) is 4.90 Å². The Morgan fingerprint density at radius 2 is 1.62 bits per heavy atom. The van der Waals surface area contributed by atoms with Crippen LogP contribution in [0.1, 0.15) is 71.8 Å². The number of ether oxygens (including phenoxy) is 2. The highest BCUT2D eigenvalue weighted by atomic mass is 19.1. The first-order valence-corrected chi connectivity index (χ1v) is 10.6. The smallest absolute Gasteiger partial charge is 0.410 e. The fraction of sp³-hybridized carbons (Fsp3) is 0.652. The van der Waals surface area contributed by atoms with Crippen molar-refractivity contribution in [3.63, 3.8) is 0 Å². The van der Waals surface area contributed by atoms with Gasteiger partial charge in [-0.15, -0.1) is 0 Å². The summed E-state index contributed by atoms with van der Waals surface area (Å²) < 4.78 is 24.5. The van der Waals surface area contributed by atoms with E-state index in [4.69, 9.17) is 9.47 Å². The Bertz CT molecular complexity index is 728. The molecule has 2 aliphatic rings. The van der Waals surface area contributed by atoms with Crippen LogP contribution >= 0.6 is 0 Å². The number of hydrogen-bond acceptors (Lipinski definition) is 4. The quantitative estimate of drug-likeness (QED) is 0.649. The lowest BCUT2D eigenvalue weighted by Gasteiger charge is -2.42. The minimum Gasteiger partial charge on any atom is -0.465 e. The van der Waals surface area contributed by atoms with E-state index >= 15 is 0 Å². The van der Waals surface area contributed by atoms with E-state index in [1.807, 2.05) is 25.7 Å². The second-order valence-electron chi connectivity index (χ2n) is 9.16. The van der Waals surface area contributed by atoms with E-state index in [0.29, 0.717) is 32.3 Å². The van der Waals surface area contributed by atoms with E-state index in [0.717, 1.165) is 18.4 Å². The third kappa shape index (κ3) is 4.90. The Morgan fingerprint density at radius 1 is 1.07 bits per heavy atom. The number of benzene rings is 1. The molecule has 160 valence electrons. The lowest BCUT2D eigenvalue weighted by molar-refractivity contribution is -0.152. The molecule has 0 aliphatic heterocycles. The molecule has 0 aromatic heterocycles. The van der Waals surface area contributed by atoms with Gasteiger partial charge in [0.25, 0.3) is 0 Å². The first-order valence-electron chi connectivity index (χ1n) is 10.6. The van der Waals surface area contributed by atoms with Crippen molar-refractivity contribution in [2.24, 2.45) is 0 Å². The van der Waals surface area contributed by atoms with Gasteiger partial charge >= 0.3 is 12.1 Å². The molecule has 0 N–H and O–H groups in total. The molecule has 0 bridgehead atoms. The summed E-state index contributed by atoms with van der Waals surface area (Å²) in [5.41, 5.74) is -0.545. The number of carbonyl (C=O) groups excluding carboxylic acids is 2. The van der Waals surface area contributed by atoms with Gasteiger partial charge in [0.15, 0.2) is 0 Å². The molecule has 0 radical (unpaired) electrons. The van der Waals surface area contributed by atoms with Gasteiger partial charge in [-0.05, 0) is 83.9 Å². The zero-order chi connectivity index (χ0) is 21.2. The van der Waals surface area contributed by atoms with Crippen molar-refractivity contribution in [3.05, 3.63) is 35.6 Å². The third-order valence-electron chi connectivity index (χ3n) is 5.81. The number of amides is 1. The number of hydrogen-bond donors (Lipinski definition) is 0. The maximum absolute atomic E-state index is 13.4. The minimum absolute atomic E-state index is 0.0420. The predicted octanol–water partition coefficient (Wildman–Crippen LogP) is 4.97. The summed E-state index contributed by atoms with van der Waals surface area (Å²) in [6, 6.07) is 6.41. The fourth-order valence-corrected chi connectivity index (χ4v) is 4.29. The minimum atomic E-state index is -0.788. The Balaban J connectivity index is 1.79. The highest BCUT2D eigenvalue weighted by molar-refractivity contribution is 5.83. The van der Waals surface area contributed by atoms with Crippen LogP contribution in [0, 0.1) is 5.82 Å². The molecule has 5 nitrogen and oxygen atoms in total. The molecular weight excluding hydrogens is 373 g/mol. The Labute approximate surface area is 172 Å². The Morgan fingerprint density at radius 3 is 2.10 bits per heavy atom. The van der Waals surface area contributed by atoms with Gasteiger partial charge in [0.2, 0.25) is 0 Å². The molecule has 1 aromatic carbocycles. The van der Waals surface area contributed by atoms with Crippen molar-refractivity contribution in [1.29, 1.82) is 0 Å². The van der Waals surface area contributed by atoms with Crippen LogP contribution in [-0.2, 0) is 19.7 Å². The van der Waals surface area contributed by atoms with Crippen LogP contribution in [0.5, 0.6) is 0 Å². The number of nitrogens with zero attached hydrogens (tertiary/aromatic N) is 1. The van der Waals surface area contributed by atoms with Crippen molar-refractivity contribution < 1.29 is 23.5 Å². The highest BCUT2D eigenvalue weighted by Gasteiger charge is 2.48. The molecule has 3 rings (SSSR count). The molecule has 0 unspecified atom stereocenters. The number of esters is 1. The van der Waals surface area contributed by atoms with Crippen LogP contribution < -0.4 is 0 Å². The SMILES string of the molecule is CCOC(=O)C1(c2ccc(F)cc2)CCC(N(C(=O)OC(C)(C)C)C2CC2)CC1. The second kappa shape index (κ2) is 8.33. The van der Waals surface area contributed by atoms with Crippen molar-refractivity contribution >= 4 is 12.1 Å². The zero-order valence-electron chi connectivity index (χ0n) is 17.9. The van der Waals surface area contributed by atoms with Crippen LogP contribution in [0.3, 0.4) is 0 Å². The van der Waals surface area contributed by atoms with Gasteiger partial charge < -0.3 is 14.4 Å². The topological polar surface area (TPSA) is 55.8 Å². The molecule has 2 fully saturated rings. The van der Waals surface area contributed by atoms with Crippen molar-refractivity contribution in [3.8, 4) is 0 Å². The molecule has 29 heavy (non-hydrogen) atoms. The van der Waals surface area contributed by atoms with Crippen molar-refractivity contribution in [2.75, 3.05) is 6.61 Å². The highest BCUT2D eigenvalue weighted by Crippen LogP contribution is 2.44. The summed E-state index contributed by atoms with van der Waals surface area (Å²) in [7, 11) is 0. The van der Waals surface area contributed by atoms with Gasteiger partial charge in [0.1, 0.15) is 11.4 Å². The first kappa shape index (κ1) is 21.6. The normalized spacial score (nSPS) is 24.7. The summed E-state index contributed by atoms with van der Waals surface area (Å²) in [6.45, 7) is 7.71. The maximum atomic E-state index is 13.4. The average molecular weight is 406 g/mol. The largest absolute Gasteiger partial charge is 0.465 e. The molecule has 0 atom stereocenters. The Kier molecular flexibility index (Phi) is 6.20. The standard InChI is InChI=1S/C23H32FNO4/c1-5-28-20(26)23(16-6-8-17(24)9-7-16)14-12-19(13-15-23)25(18-10-11-18)21(27)29-22(2,3)4/h6-9,18-19H,5,10-15H2,1-4H3. The maximum Gasteiger partial charge on any atom is 0.410 e. The summed E-state index contributed by atoms with van der Waals surface area (Å²) >= 11 is 0. The van der Waals surface area contributed by atoms with Gasteiger partial charge in [0.05, 0.1) is 12.0 Å². The number of carbonyl (C=O) groups is 2. The molecule has 2 aliphatic carbocycles. The predicted molar refractivity (Wildman–Crippen MR) is 108 cm³/mol. The first-order chi connectivity index (χ1) is 13.7. The molecule has 1 aromatic rings. The molecule has 0 saturated heterocycles. The van der Waals surface area contributed by atoms with E-state index < -0.39 is 11.0 Å². The second-order valence-corrected chi connectivity index (χ2v) is 9.16. The van der Waals surface area contributed by atoms with Gasteiger partial charge in [-0.1, -0.05) is 12.1 Å². The van der Waals surface area contributed by atoms with Crippen LogP contribution in [-0.4, -0.2) is 41.3 Å². The summed E-state index contributed by atoms with van der Waals surface area (Å²) in [5.74, 6) is -0.591. The molecule has 0 spiro atoms. The third-order valence-corrected chi connectivity index (χ3v) is 5.81. The zero-order valence-corrected chi connectivity index (χ0v) is 17.9. The summed E-state index contributed by atoms with van der Waals surface area (Å²) in [6.07, 6.45) is 4.23. The van der Waals surface area contributed by atoms with E-state index in [9.17, 15) is 14.0 Å². The summed E-state index contributed by atoms with van der Waals surface area (Å²) in [4.78, 5) is 27.6. The van der Waals surface area contributed by atoms with Gasteiger partial charge in [-0.2, -0.15) is 0 Å². The number of rotatable bonds is 5. The van der Waals surface area contributed by atoms with Gasteiger partial charge in [0, 0.05) is 12.1 Å². The molecule has 0 heterocycles. The Hall–Kier alpha value is -2.11. The van der Waals surface area contributed by atoms with Gasteiger partial charge in [-0.25, -0.2) is 9.18 Å². The molecule has 2 saturated carbocycles. The van der Waals surface area contributed by atoms with Crippen LogP contribution in [0.15, 0.2) is 24.3 Å². The fourth-order valence-electron chi connectivity index (χ4n) is 4.29. The van der Waals surface area contributed by atoms with E-state index in [1.54, 1.807) is 19.1 Å². The van der Waals surface area contributed by atoms with E-state index in [2.05, 4.69) is 0 Å².